The van der Waals surface area contributed by atoms with Crippen LogP contribution in [0.1, 0.15) is 49.5 Å². The van der Waals surface area contributed by atoms with E-state index in [2.05, 4.69) is 25.7 Å². The highest BCUT2D eigenvalue weighted by Crippen LogP contribution is 2.11. The Morgan fingerprint density at radius 3 is 2.45 bits per heavy atom. The first-order valence-electron chi connectivity index (χ1n) is 7.14. The number of carbonyl (C=O) groups is 1. The predicted octanol–water partition coefficient (Wildman–Crippen LogP) is 2.68. The van der Waals surface area contributed by atoms with Gasteiger partial charge in [-0.15, -0.1) is 0 Å². The Labute approximate surface area is 121 Å². The maximum Gasteiger partial charge on any atom is 0.254 e. The van der Waals surface area contributed by atoms with Gasteiger partial charge in [-0.2, -0.15) is 0 Å². The summed E-state index contributed by atoms with van der Waals surface area (Å²) in [5.41, 5.74) is 1.56. The van der Waals surface area contributed by atoms with Gasteiger partial charge in [0, 0.05) is 30.1 Å². The van der Waals surface area contributed by atoms with Crippen LogP contribution in [0.4, 0.5) is 0 Å². The summed E-state index contributed by atoms with van der Waals surface area (Å²) in [7, 11) is 0. The second-order valence-electron chi connectivity index (χ2n) is 4.70. The average Bonchev–Trinajstić information content (AvgIpc) is 2.48. The van der Waals surface area contributed by atoms with Crippen LogP contribution < -0.4 is 0 Å². The molecule has 0 aromatic heterocycles. The summed E-state index contributed by atoms with van der Waals surface area (Å²) < 4.78 is 0. The number of hydrogen-bond donors (Lipinski definition) is 1. The van der Waals surface area contributed by atoms with Crippen LogP contribution in [-0.4, -0.2) is 35.1 Å². The molecule has 108 valence electrons. The van der Waals surface area contributed by atoms with E-state index in [1.807, 2.05) is 36.1 Å². The maximum absolute atomic E-state index is 12.4. The van der Waals surface area contributed by atoms with E-state index < -0.39 is 0 Å². The minimum Gasteiger partial charge on any atom is -0.395 e. The number of hydrogen-bond acceptors (Lipinski definition) is 2. The summed E-state index contributed by atoms with van der Waals surface area (Å²) in [5.74, 6) is 5.89. The molecular formula is C17H23NO2. The van der Waals surface area contributed by atoms with E-state index >= 15 is 0 Å². The van der Waals surface area contributed by atoms with Gasteiger partial charge in [-0.25, -0.2) is 0 Å². The van der Waals surface area contributed by atoms with Gasteiger partial charge in [0.25, 0.3) is 5.91 Å². The quantitative estimate of drug-likeness (QED) is 0.838. The fraction of sp³-hybridized carbons (Fsp3) is 0.471. The molecule has 0 saturated heterocycles. The van der Waals surface area contributed by atoms with Gasteiger partial charge in [-0.3, -0.25) is 4.79 Å². The minimum absolute atomic E-state index is 0.0664. The highest BCUT2D eigenvalue weighted by atomic mass is 16.2. The lowest BCUT2D eigenvalue weighted by Gasteiger charge is -2.27. The van der Waals surface area contributed by atoms with Crippen LogP contribution in [0.2, 0.25) is 0 Å². The molecule has 0 aliphatic rings. The van der Waals surface area contributed by atoms with Crippen molar-refractivity contribution in [2.45, 2.75) is 39.7 Å². The lowest BCUT2D eigenvalue weighted by Crippen LogP contribution is -2.38. The van der Waals surface area contributed by atoms with E-state index in [0.717, 1.165) is 12.0 Å². The van der Waals surface area contributed by atoms with Gasteiger partial charge in [0.15, 0.2) is 0 Å². The summed E-state index contributed by atoms with van der Waals surface area (Å²) in [5, 5.41) is 8.67. The third kappa shape index (κ3) is 4.40. The monoisotopic (exact) mass is 273 g/mol. The fourth-order valence-electron chi connectivity index (χ4n) is 1.96. The molecule has 1 amide bonds. The molecule has 0 spiro atoms. The molecule has 3 nitrogen and oxygen atoms in total. The predicted molar refractivity (Wildman–Crippen MR) is 81.5 cm³/mol. The second-order valence-corrected chi connectivity index (χ2v) is 4.70. The number of benzene rings is 1. The first-order chi connectivity index (χ1) is 9.63. The molecule has 1 aromatic carbocycles. The maximum atomic E-state index is 12.4. The van der Waals surface area contributed by atoms with Crippen molar-refractivity contribution in [2.24, 2.45) is 0 Å². The molecule has 0 heterocycles. The van der Waals surface area contributed by atoms with Gasteiger partial charge in [-0.05, 0) is 44.5 Å². The van der Waals surface area contributed by atoms with Gasteiger partial charge in [0.1, 0.15) is 0 Å². The highest BCUT2D eigenvalue weighted by molar-refractivity contribution is 5.94. The van der Waals surface area contributed by atoms with Gasteiger partial charge >= 0.3 is 0 Å². The highest BCUT2D eigenvalue weighted by Gasteiger charge is 2.18. The number of nitrogens with zero attached hydrogens (tertiary/aromatic N) is 1. The van der Waals surface area contributed by atoms with E-state index in [4.69, 9.17) is 5.11 Å². The van der Waals surface area contributed by atoms with Crippen molar-refractivity contribution in [1.29, 1.82) is 0 Å². The van der Waals surface area contributed by atoms with Gasteiger partial charge in [-0.1, -0.05) is 18.8 Å². The van der Waals surface area contributed by atoms with E-state index in [1.54, 1.807) is 0 Å². The standard InChI is InChI=1S/C17H23NO2/c1-4-14(3)18(5-2)17(20)16-11-9-15(10-12-16)8-6-7-13-19/h9-12,14,19H,4-5,7,13H2,1-3H3. The number of aliphatic hydroxyl groups excluding tert-OH is 1. The first kappa shape index (κ1) is 16.3. The van der Waals surface area contributed by atoms with Crippen molar-refractivity contribution >= 4 is 5.91 Å². The van der Waals surface area contributed by atoms with Crippen molar-refractivity contribution in [3.8, 4) is 11.8 Å². The van der Waals surface area contributed by atoms with Crippen LogP contribution >= 0.6 is 0 Å². The Kier molecular flexibility index (Phi) is 6.83. The minimum atomic E-state index is 0.0664. The number of aliphatic hydroxyl groups is 1. The molecule has 0 fully saturated rings. The molecule has 1 unspecified atom stereocenters. The molecule has 1 atom stereocenters. The van der Waals surface area contributed by atoms with Crippen LogP contribution in [0.15, 0.2) is 24.3 Å². The van der Waals surface area contributed by atoms with Crippen molar-refractivity contribution < 1.29 is 9.90 Å². The van der Waals surface area contributed by atoms with Crippen LogP contribution in [0.5, 0.6) is 0 Å². The second kappa shape index (κ2) is 8.39. The molecule has 3 heteroatoms. The number of carbonyl (C=O) groups excluding carboxylic acids is 1. The normalized spacial score (nSPS) is 11.4. The molecule has 1 aromatic rings. The van der Waals surface area contributed by atoms with Crippen molar-refractivity contribution in [1.82, 2.24) is 4.90 Å². The average molecular weight is 273 g/mol. The van der Waals surface area contributed by atoms with E-state index in [-0.39, 0.29) is 18.6 Å². The summed E-state index contributed by atoms with van der Waals surface area (Å²) in [6.07, 6.45) is 1.42. The molecule has 0 saturated carbocycles. The Bertz CT molecular complexity index is 482. The first-order valence-corrected chi connectivity index (χ1v) is 7.14. The smallest absolute Gasteiger partial charge is 0.254 e. The lowest BCUT2D eigenvalue weighted by atomic mass is 10.1. The van der Waals surface area contributed by atoms with Crippen LogP contribution in [0, 0.1) is 11.8 Å². The Hall–Kier alpha value is -1.79. The van der Waals surface area contributed by atoms with E-state index in [1.165, 1.54) is 0 Å². The van der Waals surface area contributed by atoms with Crippen LogP contribution in [-0.2, 0) is 0 Å². The SMILES string of the molecule is CCC(C)N(CC)C(=O)c1ccc(C#CCCO)cc1. The zero-order valence-corrected chi connectivity index (χ0v) is 12.5. The van der Waals surface area contributed by atoms with Crippen LogP contribution in [0.3, 0.4) is 0 Å². The van der Waals surface area contributed by atoms with Gasteiger partial charge in [0.05, 0.1) is 6.61 Å². The molecule has 20 heavy (non-hydrogen) atoms. The fourth-order valence-corrected chi connectivity index (χ4v) is 1.96. The molecule has 0 radical (unpaired) electrons. The summed E-state index contributed by atoms with van der Waals surface area (Å²) >= 11 is 0. The number of amides is 1. The molecule has 1 rings (SSSR count). The molecular weight excluding hydrogens is 250 g/mol. The van der Waals surface area contributed by atoms with Crippen molar-refractivity contribution in [2.75, 3.05) is 13.2 Å². The molecule has 0 bridgehead atoms. The number of rotatable bonds is 5. The Morgan fingerprint density at radius 2 is 1.95 bits per heavy atom. The molecule has 0 aliphatic carbocycles. The largest absolute Gasteiger partial charge is 0.395 e. The summed E-state index contributed by atoms with van der Waals surface area (Å²) in [6, 6.07) is 7.58. The zero-order chi connectivity index (χ0) is 15.0. The van der Waals surface area contributed by atoms with Crippen LogP contribution in [0.25, 0.3) is 0 Å². The summed E-state index contributed by atoms with van der Waals surface area (Å²) in [6.45, 7) is 6.94. The zero-order valence-electron chi connectivity index (χ0n) is 12.5. The van der Waals surface area contributed by atoms with Crippen molar-refractivity contribution in [3.05, 3.63) is 35.4 Å². The molecule has 0 aliphatic heterocycles. The lowest BCUT2D eigenvalue weighted by molar-refractivity contribution is 0.0700. The third-order valence-corrected chi connectivity index (χ3v) is 3.33. The molecule has 1 N–H and O–H groups in total. The Morgan fingerprint density at radius 1 is 1.30 bits per heavy atom. The third-order valence-electron chi connectivity index (χ3n) is 3.33. The summed E-state index contributed by atoms with van der Waals surface area (Å²) in [4.78, 5) is 14.3. The Balaban J connectivity index is 2.82. The van der Waals surface area contributed by atoms with Gasteiger partial charge in [0.2, 0.25) is 0 Å². The van der Waals surface area contributed by atoms with Crippen molar-refractivity contribution in [3.63, 3.8) is 0 Å². The van der Waals surface area contributed by atoms with E-state index in [0.29, 0.717) is 18.5 Å². The van der Waals surface area contributed by atoms with Gasteiger partial charge < -0.3 is 10.0 Å². The van der Waals surface area contributed by atoms with E-state index in [9.17, 15) is 4.79 Å². The topological polar surface area (TPSA) is 40.5 Å².